The van der Waals surface area contributed by atoms with Crippen LogP contribution in [0.5, 0.6) is 0 Å². The number of nitrogens with zero attached hydrogens (tertiary/aromatic N) is 6. The molecule has 0 aromatic carbocycles. The molecule has 4 heterocycles. The number of anilines is 2. The molecule has 12 heteroatoms. The minimum Gasteiger partial charge on any atom is -0.367 e. The maximum absolute atomic E-state index is 12.9. The summed E-state index contributed by atoms with van der Waals surface area (Å²) in [5, 5.41) is 2.69. The molecule has 1 aliphatic rings. The van der Waals surface area contributed by atoms with Crippen LogP contribution in [0.1, 0.15) is 12.6 Å². The summed E-state index contributed by atoms with van der Waals surface area (Å²) in [6.07, 6.45) is 1.05. The third kappa shape index (κ3) is 5.50. The molecule has 0 radical (unpaired) electrons. The highest BCUT2D eigenvalue weighted by Crippen LogP contribution is 2.30. The molecule has 4 rings (SSSR count). The molecule has 1 N–H and O–H groups in total. The maximum Gasteiger partial charge on any atom is 0.433 e. The zero-order valence-corrected chi connectivity index (χ0v) is 18.3. The number of halogens is 3. The Kier molecular flexibility index (Phi) is 6.48. The van der Waals surface area contributed by atoms with Crippen molar-refractivity contribution in [3.05, 3.63) is 54.9 Å². The lowest BCUT2D eigenvalue weighted by atomic mass is 10.2. The number of alkyl halides is 3. The number of carbonyl (C=O) groups is 2. The predicted octanol–water partition coefficient (Wildman–Crippen LogP) is 2.67. The highest BCUT2D eigenvalue weighted by molar-refractivity contribution is 5.89. The van der Waals surface area contributed by atoms with Crippen LogP contribution in [0.25, 0.3) is 11.3 Å². The van der Waals surface area contributed by atoms with E-state index >= 15 is 0 Å². The fourth-order valence-electron chi connectivity index (χ4n) is 3.62. The number of hydrogen-bond acceptors (Lipinski definition) is 6. The summed E-state index contributed by atoms with van der Waals surface area (Å²) in [5.74, 6) is 0.0816. The number of hydrogen-bond donors (Lipinski definition) is 1. The first-order chi connectivity index (χ1) is 16.2. The van der Waals surface area contributed by atoms with Crippen LogP contribution < -0.4 is 10.2 Å². The number of amides is 2. The maximum atomic E-state index is 12.9. The van der Waals surface area contributed by atoms with Gasteiger partial charge in [-0.3, -0.25) is 14.6 Å². The van der Waals surface area contributed by atoms with E-state index < -0.39 is 11.9 Å². The first-order valence-corrected chi connectivity index (χ1v) is 10.5. The monoisotopic (exact) mass is 473 g/mol. The molecule has 9 nitrogen and oxygen atoms in total. The molecule has 0 atom stereocenters. The van der Waals surface area contributed by atoms with Gasteiger partial charge in [0.25, 0.3) is 0 Å². The van der Waals surface area contributed by atoms with E-state index in [1.165, 1.54) is 23.2 Å². The van der Waals surface area contributed by atoms with Crippen LogP contribution in [0, 0.1) is 0 Å². The molecule has 34 heavy (non-hydrogen) atoms. The second-order valence-corrected chi connectivity index (χ2v) is 7.80. The second-order valence-electron chi connectivity index (χ2n) is 7.80. The molecule has 3 aromatic rings. The van der Waals surface area contributed by atoms with Gasteiger partial charge < -0.3 is 19.7 Å². The standard InChI is InChI=1S/C22H22F3N7O2/c1-15(33)31-6-8-32(9-7-31)17-2-3-20(27-11-17)29-21(34)13-30-12-18(28-14-30)16-4-5-26-19(10-16)22(23,24)25/h2-5,10-12,14H,6-9,13H2,1H3,(H,27,29,34). The van der Waals surface area contributed by atoms with E-state index in [-0.39, 0.29) is 23.9 Å². The van der Waals surface area contributed by atoms with Gasteiger partial charge in [0.1, 0.15) is 18.1 Å². The van der Waals surface area contributed by atoms with Gasteiger partial charge in [0.15, 0.2) is 0 Å². The molecule has 0 saturated carbocycles. The van der Waals surface area contributed by atoms with Gasteiger partial charge in [0.05, 0.1) is 23.9 Å². The number of nitrogens with one attached hydrogen (secondary N) is 1. The van der Waals surface area contributed by atoms with E-state index in [1.54, 1.807) is 24.1 Å². The Morgan fingerprint density at radius 3 is 2.47 bits per heavy atom. The molecule has 0 aliphatic carbocycles. The van der Waals surface area contributed by atoms with Crippen molar-refractivity contribution in [2.45, 2.75) is 19.6 Å². The Morgan fingerprint density at radius 2 is 1.82 bits per heavy atom. The molecular formula is C22H22F3N7O2. The third-order valence-electron chi connectivity index (χ3n) is 5.41. The van der Waals surface area contributed by atoms with Gasteiger partial charge in [0, 0.05) is 51.1 Å². The van der Waals surface area contributed by atoms with Crippen molar-refractivity contribution >= 4 is 23.3 Å². The van der Waals surface area contributed by atoms with E-state index in [0.717, 1.165) is 18.0 Å². The summed E-state index contributed by atoms with van der Waals surface area (Å²) in [4.78, 5) is 39.5. The fraction of sp³-hybridized carbons (Fsp3) is 0.318. The largest absolute Gasteiger partial charge is 0.433 e. The highest BCUT2D eigenvalue weighted by Gasteiger charge is 2.32. The van der Waals surface area contributed by atoms with Crippen molar-refractivity contribution in [2.75, 3.05) is 36.4 Å². The quantitative estimate of drug-likeness (QED) is 0.612. The molecule has 1 saturated heterocycles. The van der Waals surface area contributed by atoms with Gasteiger partial charge >= 0.3 is 6.18 Å². The van der Waals surface area contributed by atoms with E-state index in [2.05, 4.69) is 25.2 Å². The summed E-state index contributed by atoms with van der Waals surface area (Å²) in [6, 6.07) is 5.88. The molecule has 178 valence electrons. The first-order valence-electron chi connectivity index (χ1n) is 10.5. The summed E-state index contributed by atoms with van der Waals surface area (Å²) in [6.45, 7) is 4.19. The van der Waals surface area contributed by atoms with Gasteiger partial charge in [-0.15, -0.1) is 0 Å². The summed E-state index contributed by atoms with van der Waals surface area (Å²) < 4.78 is 40.1. The number of pyridine rings is 2. The summed E-state index contributed by atoms with van der Waals surface area (Å²) >= 11 is 0. The van der Waals surface area contributed by atoms with Crippen LogP contribution in [-0.2, 0) is 22.3 Å². The number of piperazine rings is 1. The molecule has 2 amide bonds. The van der Waals surface area contributed by atoms with E-state index in [0.29, 0.717) is 37.7 Å². The average molecular weight is 473 g/mol. The second kappa shape index (κ2) is 9.49. The third-order valence-corrected chi connectivity index (χ3v) is 5.41. The number of rotatable bonds is 5. The van der Waals surface area contributed by atoms with E-state index in [9.17, 15) is 22.8 Å². The van der Waals surface area contributed by atoms with Crippen LogP contribution in [-0.4, -0.2) is 62.4 Å². The molecular weight excluding hydrogens is 451 g/mol. The Morgan fingerprint density at radius 1 is 1.06 bits per heavy atom. The number of imidazole rings is 1. The van der Waals surface area contributed by atoms with E-state index in [4.69, 9.17) is 0 Å². The van der Waals surface area contributed by atoms with Crippen molar-refractivity contribution in [1.82, 2.24) is 24.4 Å². The minimum atomic E-state index is -4.55. The van der Waals surface area contributed by atoms with Crippen LogP contribution in [0.2, 0.25) is 0 Å². The molecule has 0 spiro atoms. The lowest BCUT2D eigenvalue weighted by molar-refractivity contribution is -0.141. The van der Waals surface area contributed by atoms with Gasteiger partial charge in [-0.25, -0.2) is 9.97 Å². The molecule has 0 bridgehead atoms. The van der Waals surface area contributed by atoms with Crippen molar-refractivity contribution in [3.8, 4) is 11.3 Å². The van der Waals surface area contributed by atoms with Crippen LogP contribution in [0.15, 0.2) is 49.2 Å². The topological polar surface area (TPSA) is 96.2 Å². The fourth-order valence-corrected chi connectivity index (χ4v) is 3.62. The molecule has 3 aromatic heterocycles. The van der Waals surface area contributed by atoms with Gasteiger partial charge in [-0.2, -0.15) is 13.2 Å². The van der Waals surface area contributed by atoms with Gasteiger partial charge in [0.2, 0.25) is 11.8 Å². The van der Waals surface area contributed by atoms with Gasteiger partial charge in [-0.1, -0.05) is 0 Å². The number of aromatic nitrogens is 4. The minimum absolute atomic E-state index is 0.0627. The van der Waals surface area contributed by atoms with Crippen molar-refractivity contribution in [1.29, 1.82) is 0 Å². The average Bonchev–Trinajstić information content (AvgIpc) is 3.27. The van der Waals surface area contributed by atoms with Crippen LogP contribution >= 0.6 is 0 Å². The summed E-state index contributed by atoms with van der Waals surface area (Å²) in [7, 11) is 0. The van der Waals surface area contributed by atoms with Gasteiger partial charge in [-0.05, 0) is 24.3 Å². The lowest BCUT2D eigenvalue weighted by Crippen LogP contribution is -2.48. The first kappa shape index (κ1) is 23.2. The Hall–Kier alpha value is -3.96. The lowest BCUT2D eigenvalue weighted by Gasteiger charge is -2.35. The van der Waals surface area contributed by atoms with Crippen LogP contribution in [0.3, 0.4) is 0 Å². The van der Waals surface area contributed by atoms with Crippen molar-refractivity contribution < 1.29 is 22.8 Å². The SMILES string of the molecule is CC(=O)N1CCN(c2ccc(NC(=O)Cn3cnc(-c4ccnc(C(F)(F)F)c4)c3)nc2)CC1. The normalized spacial score (nSPS) is 14.2. The van der Waals surface area contributed by atoms with Crippen molar-refractivity contribution in [3.63, 3.8) is 0 Å². The zero-order valence-electron chi connectivity index (χ0n) is 18.3. The van der Waals surface area contributed by atoms with Crippen molar-refractivity contribution in [2.24, 2.45) is 0 Å². The molecule has 1 fully saturated rings. The zero-order chi connectivity index (χ0) is 24.3. The van der Waals surface area contributed by atoms with Crippen LogP contribution in [0.4, 0.5) is 24.7 Å². The predicted molar refractivity (Wildman–Crippen MR) is 118 cm³/mol. The summed E-state index contributed by atoms with van der Waals surface area (Å²) in [5.41, 5.74) is 0.444. The highest BCUT2D eigenvalue weighted by atomic mass is 19.4. The smallest absolute Gasteiger partial charge is 0.367 e. The van der Waals surface area contributed by atoms with E-state index in [1.807, 2.05) is 6.07 Å². The Labute approximate surface area is 193 Å². The Balaban J connectivity index is 1.33. The molecule has 0 unspecified atom stereocenters. The molecule has 1 aliphatic heterocycles. The number of carbonyl (C=O) groups excluding carboxylic acids is 2. The Bertz CT molecular complexity index is 1170.